The molecule has 2 aromatic rings. The first-order valence-corrected chi connectivity index (χ1v) is 10.8. The van der Waals surface area contributed by atoms with Gasteiger partial charge in [0.2, 0.25) is 11.8 Å². The first-order chi connectivity index (χ1) is 15.5. The number of likely N-dealkylation sites (tertiary alicyclic amines) is 1. The summed E-state index contributed by atoms with van der Waals surface area (Å²) in [5.74, 6) is -2.08. The van der Waals surface area contributed by atoms with E-state index in [1.807, 2.05) is 12.1 Å². The molecule has 2 aliphatic rings. The van der Waals surface area contributed by atoms with Crippen molar-refractivity contribution in [3.8, 4) is 11.5 Å². The lowest BCUT2D eigenvalue weighted by Crippen LogP contribution is -2.35. The van der Waals surface area contributed by atoms with Crippen LogP contribution in [0.4, 0.5) is 14.5 Å². The van der Waals surface area contributed by atoms with E-state index in [2.05, 4.69) is 5.32 Å². The van der Waals surface area contributed by atoms with Crippen LogP contribution in [-0.4, -0.2) is 43.0 Å². The van der Waals surface area contributed by atoms with Gasteiger partial charge in [0.1, 0.15) is 0 Å². The first kappa shape index (κ1) is 22.0. The Kier molecular flexibility index (Phi) is 6.58. The highest BCUT2D eigenvalue weighted by Gasteiger charge is 2.34. The van der Waals surface area contributed by atoms with Crippen molar-refractivity contribution in [3.05, 3.63) is 53.6 Å². The Balaban J connectivity index is 1.42. The van der Waals surface area contributed by atoms with Crippen LogP contribution >= 0.6 is 0 Å². The second kappa shape index (κ2) is 9.54. The number of methoxy groups -OCH3 is 1. The molecule has 0 spiro atoms. The summed E-state index contributed by atoms with van der Waals surface area (Å²) in [5, 5.41) is 2.33. The van der Waals surface area contributed by atoms with Crippen LogP contribution in [-0.2, 0) is 9.59 Å². The molecule has 2 fully saturated rings. The second-order valence-electron chi connectivity index (χ2n) is 8.19. The number of anilines is 1. The van der Waals surface area contributed by atoms with Gasteiger partial charge in [0, 0.05) is 6.54 Å². The summed E-state index contributed by atoms with van der Waals surface area (Å²) < 4.78 is 38.7. The Bertz CT molecular complexity index is 1010. The van der Waals surface area contributed by atoms with Crippen molar-refractivity contribution in [1.82, 2.24) is 4.90 Å². The average Bonchev–Trinajstić information content (AvgIpc) is 3.41. The number of rotatable bonds is 7. The third kappa shape index (κ3) is 4.69. The van der Waals surface area contributed by atoms with E-state index in [4.69, 9.17) is 9.47 Å². The van der Waals surface area contributed by atoms with Crippen molar-refractivity contribution >= 4 is 17.5 Å². The van der Waals surface area contributed by atoms with Gasteiger partial charge < -0.3 is 19.7 Å². The highest BCUT2D eigenvalue weighted by atomic mass is 19.2. The van der Waals surface area contributed by atoms with E-state index < -0.39 is 23.5 Å². The summed E-state index contributed by atoms with van der Waals surface area (Å²) in [6.45, 7) is 0.167. The molecule has 0 radical (unpaired) electrons. The molecule has 1 aliphatic carbocycles. The maximum atomic E-state index is 13.8. The summed E-state index contributed by atoms with van der Waals surface area (Å²) in [7, 11) is 1.58. The lowest BCUT2D eigenvalue weighted by Gasteiger charge is -2.19. The molecule has 0 unspecified atom stereocenters. The van der Waals surface area contributed by atoms with E-state index in [1.165, 1.54) is 17.0 Å². The Morgan fingerprint density at radius 1 is 1.12 bits per heavy atom. The van der Waals surface area contributed by atoms with Crippen LogP contribution in [0.15, 0.2) is 36.4 Å². The van der Waals surface area contributed by atoms with Gasteiger partial charge in [-0.05, 0) is 61.9 Å². The van der Waals surface area contributed by atoms with Crippen LogP contribution in [0.2, 0.25) is 0 Å². The molecule has 170 valence electrons. The monoisotopic (exact) mass is 444 g/mol. The molecule has 0 aromatic heterocycles. The Labute approximate surface area is 185 Å². The van der Waals surface area contributed by atoms with Crippen molar-refractivity contribution < 1.29 is 27.8 Å². The minimum atomic E-state index is -1.13. The molecule has 6 nitrogen and oxygen atoms in total. The molecule has 1 N–H and O–H groups in total. The Morgan fingerprint density at radius 3 is 2.66 bits per heavy atom. The quantitative estimate of drug-likeness (QED) is 0.693. The van der Waals surface area contributed by atoms with Gasteiger partial charge in [-0.15, -0.1) is 0 Å². The Hall–Kier alpha value is -3.16. The zero-order chi connectivity index (χ0) is 22.7. The number of carbonyl (C=O) groups excluding carboxylic acids is 2. The maximum Gasteiger partial charge on any atom is 0.244 e. The average molecular weight is 444 g/mol. The number of halogens is 2. The zero-order valence-corrected chi connectivity index (χ0v) is 17.9. The number of nitrogens with zero attached hydrogens (tertiary/aromatic N) is 1. The van der Waals surface area contributed by atoms with Crippen LogP contribution in [0.1, 0.15) is 43.6 Å². The number of hydrogen-bond donors (Lipinski definition) is 1. The summed E-state index contributed by atoms with van der Waals surface area (Å²) >= 11 is 0. The molecule has 1 heterocycles. The number of benzene rings is 2. The van der Waals surface area contributed by atoms with E-state index in [9.17, 15) is 18.4 Å². The Morgan fingerprint density at radius 2 is 1.91 bits per heavy atom. The first-order valence-electron chi connectivity index (χ1n) is 10.8. The highest BCUT2D eigenvalue weighted by Crippen LogP contribution is 2.37. The minimum Gasteiger partial charge on any atom is -0.493 e. The van der Waals surface area contributed by atoms with Crippen LogP contribution in [0.25, 0.3) is 0 Å². The normalized spacial score (nSPS) is 18.8. The molecule has 4 rings (SSSR count). The number of hydrogen-bond acceptors (Lipinski definition) is 4. The largest absolute Gasteiger partial charge is 0.493 e. The topological polar surface area (TPSA) is 67.9 Å². The third-order valence-electron chi connectivity index (χ3n) is 6.04. The van der Waals surface area contributed by atoms with Gasteiger partial charge in [-0.2, -0.15) is 0 Å². The van der Waals surface area contributed by atoms with Crippen LogP contribution < -0.4 is 14.8 Å². The molecule has 8 heteroatoms. The van der Waals surface area contributed by atoms with E-state index >= 15 is 0 Å². The summed E-state index contributed by atoms with van der Waals surface area (Å²) in [4.78, 5) is 26.7. The summed E-state index contributed by atoms with van der Waals surface area (Å²) in [6, 6.07) is 9.04. The fourth-order valence-corrected chi connectivity index (χ4v) is 4.36. The van der Waals surface area contributed by atoms with Crippen molar-refractivity contribution in [2.45, 2.75) is 44.1 Å². The molecule has 1 aliphatic heterocycles. The number of ether oxygens (including phenoxy) is 2. The molecular formula is C24H26F2N2O4. The van der Waals surface area contributed by atoms with Crippen molar-refractivity contribution in [1.29, 1.82) is 0 Å². The van der Waals surface area contributed by atoms with Gasteiger partial charge in [-0.25, -0.2) is 8.78 Å². The molecule has 2 aromatic carbocycles. The van der Waals surface area contributed by atoms with Gasteiger partial charge >= 0.3 is 0 Å². The predicted molar refractivity (Wildman–Crippen MR) is 115 cm³/mol. The van der Waals surface area contributed by atoms with Crippen LogP contribution in [0, 0.1) is 11.6 Å². The van der Waals surface area contributed by atoms with E-state index in [0.29, 0.717) is 24.5 Å². The highest BCUT2D eigenvalue weighted by molar-refractivity contribution is 5.96. The summed E-state index contributed by atoms with van der Waals surface area (Å²) in [5.41, 5.74) is 0.560. The standard InChI is InChI=1S/C24H26F2N2O4/c1-31-20-10-9-15(13-21(20)32-16-5-2-3-6-16)17-11-12-28(24(17)30)14-22(29)27-19-8-4-7-18(25)23(19)26/h4,7-10,13,16-17H,2-3,5-6,11-12,14H2,1H3,(H,27,29)/t17-/m1/s1. The zero-order valence-electron chi connectivity index (χ0n) is 17.9. The van der Waals surface area contributed by atoms with Crippen LogP contribution in [0.3, 0.4) is 0 Å². The SMILES string of the molecule is COc1ccc([C@H]2CCN(CC(=O)Nc3cccc(F)c3F)C2=O)cc1OC1CCCC1. The van der Waals surface area contributed by atoms with Crippen molar-refractivity contribution in [3.63, 3.8) is 0 Å². The number of amides is 2. The smallest absolute Gasteiger partial charge is 0.244 e. The second-order valence-corrected chi connectivity index (χ2v) is 8.19. The lowest BCUT2D eigenvalue weighted by atomic mass is 9.97. The number of nitrogens with one attached hydrogen (secondary N) is 1. The predicted octanol–water partition coefficient (Wildman–Crippen LogP) is 4.25. The van der Waals surface area contributed by atoms with Crippen LogP contribution in [0.5, 0.6) is 11.5 Å². The van der Waals surface area contributed by atoms with Crippen molar-refractivity contribution in [2.24, 2.45) is 0 Å². The van der Waals surface area contributed by atoms with Gasteiger partial charge in [-0.1, -0.05) is 12.1 Å². The molecule has 32 heavy (non-hydrogen) atoms. The number of carbonyl (C=O) groups is 2. The van der Waals surface area contributed by atoms with Gasteiger partial charge in [0.15, 0.2) is 23.1 Å². The molecule has 2 amide bonds. The molecule has 1 saturated carbocycles. The van der Waals surface area contributed by atoms with E-state index in [1.54, 1.807) is 13.2 Å². The third-order valence-corrected chi connectivity index (χ3v) is 6.04. The fourth-order valence-electron chi connectivity index (χ4n) is 4.36. The molecule has 1 saturated heterocycles. The van der Waals surface area contributed by atoms with E-state index in [-0.39, 0.29) is 24.2 Å². The molecular weight excluding hydrogens is 418 g/mol. The van der Waals surface area contributed by atoms with Gasteiger partial charge in [0.05, 0.1) is 31.4 Å². The summed E-state index contributed by atoms with van der Waals surface area (Å²) in [6.07, 6.45) is 5.00. The molecule has 0 bridgehead atoms. The lowest BCUT2D eigenvalue weighted by molar-refractivity contribution is -0.132. The minimum absolute atomic E-state index is 0.154. The van der Waals surface area contributed by atoms with Gasteiger partial charge in [-0.3, -0.25) is 9.59 Å². The maximum absolute atomic E-state index is 13.8. The fraction of sp³-hybridized carbons (Fsp3) is 0.417. The van der Waals surface area contributed by atoms with Gasteiger partial charge in [0.25, 0.3) is 0 Å². The molecule has 1 atom stereocenters. The van der Waals surface area contributed by atoms with E-state index in [0.717, 1.165) is 37.3 Å². The van der Waals surface area contributed by atoms with Crippen molar-refractivity contribution in [2.75, 3.05) is 25.5 Å².